The third-order valence-corrected chi connectivity index (χ3v) is 4.52. The van der Waals surface area contributed by atoms with E-state index in [0.717, 1.165) is 23.8 Å². The van der Waals surface area contributed by atoms with Crippen molar-refractivity contribution in [1.29, 1.82) is 0 Å². The van der Waals surface area contributed by atoms with Gasteiger partial charge in [-0.2, -0.15) is 0 Å². The van der Waals surface area contributed by atoms with Crippen LogP contribution in [0.3, 0.4) is 0 Å². The number of hydrogen-bond donors (Lipinski definition) is 1. The van der Waals surface area contributed by atoms with Crippen molar-refractivity contribution in [3.8, 4) is 5.75 Å². The monoisotopic (exact) mass is 375 g/mol. The summed E-state index contributed by atoms with van der Waals surface area (Å²) >= 11 is 0. The molecule has 1 aromatic carbocycles. The Morgan fingerprint density at radius 3 is 2.78 bits per heavy atom. The molecule has 27 heavy (non-hydrogen) atoms. The molecule has 7 heteroatoms. The first-order valence-electron chi connectivity index (χ1n) is 9.23. The summed E-state index contributed by atoms with van der Waals surface area (Å²) in [6.45, 7) is 6.90. The van der Waals surface area contributed by atoms with Gasteiger partial charge in [0.1, 0.15) is 11.3 Å². The molecule has 0 saturated carbocycles. The summed E-state index contributed by atoms with van der Waals surface area (Å²) in [6, 6.07) is 5.22. The predicted octanol–water partition coefficient (Wildman–Crippen LogP) is 2.31. The molecule has 2 heterocycles. The minimum atomic E-state index is -0.715. The third kappa shape index (κ3) is 4.48. The Kier molecular flexibility index (Phi) is 6.13. The van der Waals surface area contributed by atoms with Gasteiger partial charge in [-0.3, -0.25) is 4.79 Å². The van der Waals surface area contributed by atoms with Crippen LogP contribution in [0.1, 0.15) is 31.4 Å². The molecule has 0 radical (unpaired) electrons. The number of carbonyl (C=O) groups is 1. The highest BCUT2D eigenvalue weighted by molar-refractivity contribution is 5.85. The Morgan fingerprint density at radius 1 is 1.33 bits per heavy atom. The van der Waals surface area contributed by atoms with E-state index in [4.69, 9.17) is 18.6 Å². The van der Waals surface area contributed by atoms with Crippen molar-refractivity contribution in [2.75, 3.05) is 19.8 Å². The average Bonchev–Trinajstić information content (AvgIpc) is 3.16. The van der Waals surface area contributed by atoms with Crippen LogP contribution < -0.4 is 15.7 Å². The SMILES string of the molecule is CCCc1cc(=O)oc2c(C)c(OC(C)C(=O)NCC3OCCO3)ccc12. The Labute approximate surface area is 157 Å². The molecule has 3 rings (SSSR count). The Bertz CT molecular complexity index is 869. The highest BCUT2D eigenvalue weighted by Crippen LogP contribution is 2.29. The number of nitrogens with one attached hydrogen (secondary N) is 1. The normalized spacial score (nSPS) is 15.8. The lowest BCUT2D eigenvalue weighted by molar-refractivity contribution is -0.129. The Hall–Kier alpha value is -2.38. The fourth-order valence-electron chi connectivity index (χ4n) is 3.11. The van der Waals surface area contributed by atoms with E-state index in [1.54, 1.807) is 6.92 Å². The van der Waals surface area contributed by atoms with Gasteiger partial charge >= 0.3 is 5.63 Å². The topological polar surface area (TPSA) is 87.0 Å². The van der Waals surface area contributed by atoms with Crippen LogP contribution in [0.4, 0.5) is 0 Å². The number of ether oxygens (including phenoxy) is 3. The maximum absolute atomic E-state index is 12.3. The molecule has 1 aliphatic heterocycles. The average molecular weight is 375 g/mol. The quantitative estimate of drug-likeness (QED) is 0.748. The van der Waals surface area contributed by atoms with Crippen molar-refractivity contribution in [2.24, 2.45) is 0 Å². The molecular formula is C20H25NO6. The van der Waals surface area contributed by atoms with Gasteiger partial charge in [0.25, 0.3) is 5.91 Å². The van der Waals surface area contributed by atoms with Crippen LogP contribution in [-0.2, 0) is 20.7 Å². The molecule has 1 atom stereocenters. The lowest BCUT2D eigenvalue weighted by Gasteiger charge is -2.18. The standard InChI is InChI=1S/C20H25NO6/c1-4-5-14-10-17(22)27-19-12(2)16(7-6-15(14)19)26-13(3)20(23)21-11-18-24-8-9-25-18/h6-7,10,13,18H,4-5,8-9,11H2,1-3H3,(H,21,23). The number of hydrogen-bond acceptors (Lipinski definition) is 6. The van der Waals surface area contributed by atoms with Crippen molar-refractivity contribution in [2.45, 2.75) is 46.0 Å². The fourth-order valence-corrected chi connectivity index (χ4v) is 3.11. The van der Waals surface area contributed by atoms with Crippen molar-refractivity contribution in [3.63, 3.8) is 0 Å². The van der Waals surface area contributed by atoms with E-state index in [2.05, 4.69) is 12.2 Å². The summed E-state index contributed by atoms with van der Waals surface area (Å²) in [4.78, 5) is 24.1. The largest absolute Gasteiger partial charge is 0.480 e. The maximum atomic E-state index is 12.3. The van der Waals surface area contributed by atoms with E-state index in [0.29, 0.717) is 30.1 Å². The van der Waals surface area contributed by atoms with Crippen LogP contribution in [0.5, 0.6) is 5.75 Å². The number of benzene rings is 1. The van der Waals surface area contributed by atoms with Crippen molar-refractivity contribution in [1.82, 2.24) is 5.32 Å². The summed E-state index contributed by atoms with van der Waals surface area (Å²) in [5.74, 6) is 0.241. The van der Waals surface area contributed by atoms with E-state index in [9.17, 15) is 9.59 Å². The molecule has 7 nitrogen and oxygen atoms in total. The zero-order chi connectivity index (χ0) is 19.4. The van der Waals surface area contributed by atoms with E-state index >= 15 is 0 Å². The van der Waals surface area contributed by atoms with Gasteiger partial charge in [-0.1, -0.05) is 13.3 Å². The van der Waals surface area contributed by atoms with Gasteiger partial charge in [-0.15, -0.1) is 0 Å². The van der Waals surface area contributed by atoms with Crippen LogP contribution in [0.2, 0.25) is 0 Å². The van der Waals surface area contributed by atoms with Crippen LogP contribution in [0.15, 0.2) is 27.4 Å². The zero-order valence-corrected chi connectivity index (χ0v) is 15.9. The minimum Gasteiger partial charge on any atom is -0.480 e. The number of fused-ring (bicyclic) bond motifs is 1. The second-order valence-corrected chi connectivity index (χ2v) is 6.58. The molecule has 0 spiro atoms. The number of carbonyl (C=O) groups excluding carboxylic acids is 1. The second kappa shape index (κ2) is 8.54. The molecule has 1 unspecified atom stereocenters. The van der Waals surface area contributed by atoms with Gasteiger partial charge in [-0.25, -0.2) is 4.79 Å². The van der Waals surface area contributed by atoms with Crippen LogP contribution in [0, 0.1) is 6.92 Å². The van der Waals surface area contributed by atoms with E-state index in [1.807, 2.05) is 19.1 Å². The van der Waals surface area contributed by atoms with Gasteiger partial charge < -0.3 is 23.9 Å². The van der Waals surface area contributed by atoms with Gasteiger partial charge in [-0.05, 0) is 38.0 Å². The van der Waals surface area contributed by atoms with Crippen LogP contribution >= 0.6 is 0 Å². The van der Waals surface area contributed by atoms with Gasteiger partial charge in [0.15, 0.2) is 12.4 Å². The zero-order valence-electron chi connectivity index (χ0n) is 15.9. The number of amides is 1. The molecule has 1 saturated heterocycles. The Morgan fingerprint density at radius 2 is 2.07 bits per heavy atom. The lowest BCUT2D eigenvalue weighted by Crippen LogP contribution is -2.40. The lowest BCUT2D eigenvalue weighted by atomic mass is 10.0. The minimum absolute atomic E-state index is 0.269. The van der Waals surface area contributed by atoms with Crippen LogP contribution in [-0.4, -0.2) is 38.1 Å². The summed E-state index contributed by atoms with van der Waals surface area (Å²) in [5, 5.41) is 3.65. The predicted molar refractivity (Wildman–Crippen MR) is 100 cm³/mol. The van der Waals surface area contributed by atoms with E-state index < -0.39 is 12.4 Å². The van der Waals surface area contributed by atoms with Gasteiger partial charge in [0.05, 0.1) is 19.8 Å². The summed E-state index contributed by atoms with van der Waals surface area (Å²) in [6.07, 6.45) is 0.607. The maximum Gasteiger partial charge on any atom is 0.336 e. The smallest absolute Gasteiger partial charge is 0.336 e. The Balaban J connectivity index is 1.75. The first-order valence-corrected chi connectivity index (χ1v) is 9.23. The molecule has 0 aliphatic carbocycles. The summed E-state index contributed by atoms with van der Waals surface area (Å²) < 4.78 is 21.8. The summed E-state index contributed by atoms with van der Waals surface area (Å²) in [5.41, 5.74) is 1.78. The molecule has 2 aromatic rings. The van der Waals surface area contributed by atoms with E-state index in [1.165, 1.54) is 6.07 Å². The molecule has 1 fully saturated rings. The highest BCUT2D eigenvalue weighted by Gasteiger charge is 2.21. The molecule has 1 N–H and O–H groups in total. The first-order chi connectivity index (χ1) is 13.0. The third-order valence-electron chi connectivity index (χ3n) is 4.52. The molecule has 0 bridgehead atoms. The first kappa shape index (κ1) is 19.4. The number of rotatable bonds is 7. The molecule has 1 aliphatic rings. The van der Waals surface area contributed by atoms with Gasteiger partial charge in [0.2, 0.25) is 0 Å². The van der Waals surface area contributed by atoms with E-state index in [-0.39, 0.29) is 18.1 Å². The van der Waals surface area contributed by atoms with Gasteiger partial charge in [0, 0.05) is 17.0 Å². The fraction of sp³-hybridized carbons (Fsp3) is 0.500. The second-order valence-electron chi connectivity index (χ2n) is 6.58. The van der Waals surface area contributed by atoms with Crippen LogP contribution in [0.25, 0.3) is 11.0 Å². The van der Waals surface area contributed by atoms with Crippen molar-refractivity contribution >= 4 is 16.9 Å². The molecule has 1 amide bonds. The highest BCUT2D eigenvalue weighted by atomic mass is 16.7. The number of aryl methyl sites for hydroxylation is 2. The van der Waals surface area contributed by atoms with Crippen molar-refractivity contribution in [3.05, 3.63) is 39.7 Å². The molecule has 1 aromatic heterocycles. The molecular weight excluding hydrogens is 350 g/mol. The molecule has 146 valence electrons. The van der Waals surface area contributed by atoms with Crippen molar-refractivity contribution < 1.29 is 23.4 Å². The summed E-state index contributed by atoms with van der Waals surface area (Å²) in [7, 11) is 0.